The molecule has 0 atom stereocenters. The number of nitrogens with zero attached hydrogens (tertiary/aromatic N) is 1. The Morgan fingerprint density at radius 2 is 2.28 bits per heavy atom. The summed E-state index contributed by atoms with van der Waals surface area (Å²) in [5.41, 5.74) is 7.77. The van der Waals surface area contributed by atoms with Gasteiger partial charge in [-0.15, -0.1) is 11.3 Å². The van der Waals surface area contributed by atoms with Crippen molar-refractivity contribution in [3.05, 3.63) is 39.8 Å². The minimum absolute atomic E-state index is 0.0127. The second-order valence-corrected chi connectivity index (χ2v) is 4.88. The van der Waals surface area contributed by atoms with Crippen molar-refractivity contribution in [1.29, 1.82) is 0 Å². The van der Waals surface area contributed by atoms with Gasteiger partial charge in [0.15, 0.2) is 5.78 Å². The highest BCUT2D eigenvalue weighted by Crippen LogP contribution is 2.23. The Balaban J connectivity index is 2.16. The minimum Gasteiger partial charge on any atom is -0.495 e. The van der Waals surface area contributed by atoms with Crippen LogP contribution in [0.4, 0.5) is 5.69 Å². The fourth-order valence-electron chi connectivity index (χ4n) is 1.63. The molecule has 1 aromatic heterocycles. The van der Waals surface area contributed by atoms with Gasteiger partial charge in [0.25, 0.3) is 0 Å². The number of anilines is 1. The van der Waals surface area contributed by atoms with E-state index in [2.05, 4.69) is 4.98 Å². The van der Waals surface area contributed by atoms with Crippen molar-refractivity contribution in [2.24, 2.45) is 0 Å². The Morgan fingerprint density at radius 3 is 2.83 bits per heavy atom. The lowest BCUT2D eigenvalue weighted by atomic mass is 10.1. The number of carbonyl (C=O) groups excluding carboxylic acids is 1. The molecule has 0 bridgehead atoms. The van der Waals surface area contributed by atoms with Crippen molar-refractivity contribution in [3.8, 4) is 5.75 Å². The molecular weight excluding hydrogens is 248 g/mol. The highest BCUT2D eigenvalue weighted by Gasteiger charge is 2.11. The van der Waals surface area contributed by atoms with E-state index in [1.807, 2.05) is 12.3 Å². The van der Waals surface area contributed by atoms with Gasteiger partial charge in [0.05, 0.1) is 19.2 Å². The summed E-state index contributed by atoms with van der Waals surface area (Å²) in [5, 5.41) is 2.76. The summed E-state index contributed by atoms with van der Waals surface area (Å²) in [7, 11) is 1.55. The number of carbonyl (C=O) groups is 1. The van der Waals surface area contributed by atoms with E-state index in [0.717, 1.165) is 10.7 Å². The van der Waals surface area contributed by atoms with Crippen LogP contribution in [0.2, 0.25) is 0 Å². The number of rotatable bonds is 4. The first-order valence-corrected chi connectivity index (χ1v) is 6.36. The van der Waals surface area contributed by atoms with E-state index in [1.165, 1.54) is 11.3 Å². The predicted molar refractivity (Wildman–Crippen MR) is 72.3 cm³/mol. The number of nitrogens with two attached hydrogens (primary N) is 1. The Bertz CT molecular complexity index is 578. The minimum atomic E-state index is 0.0127. The number of methoxy groups -OCH3 is 1. The van der Waals surface area contributed by atoms with Crippen LogP contribution in [0.3, 0.4) is 0 Å². The van der Waals surface area contributed by atoms with E-state index in [9.17, 15) is 4.79 Å². The zero-order valence-electron chi connectivity index (χ0n) is 10.3. The van der Waals surface area contributed by atoms with Gasteiger partial charge < -0.3 is 10.5 Å². The fraction of sp³-hybridized carbons (Fsp3) is 0.231. The number of hydrogen-bond donors (Lipinski definition) is 1. The largest absolute Gasteiger partial charge is 0.495 e. The molecule has 1 aromatic carbocycles. The first-order chi connectivity index (χ1) is 8.60. The molecular formula is C13H14N2O2S. The van der Waals surface area contributed by atoms with Crippen molar-refractivity contribution < 1.29 is 9.53 Å². The van der Waals surface area contributed by atoms with Gasteiger partial charge in [-0.2, -0.15) is 0 Å². The number of thiazole rings is 1. The van der Waals surface area contributed by atoms with Gasteiger partial charge in [0.2, 0.25) is 0 Å². The van der Waals surface area contributed by atoms with Crippen LogP contribution < -0.4 is 10.5 Å². The molecule has 0 aliphatic carbocycles. The molecule has 2 aromatic rings. The molecule has 0 saturated carbocycles. The van der Waals surface area contributed by atoms with Crippen LogP contribution >= 0.6 is 11.3 Å². The second-order valence-electron chi connectivity index (χ2n) is 3.94. The molecule has 0 unspecified atom stereocenters. The molecule has 0 aliphatic heterocycles. The normalized spacial score (nSPS) is 10.3. The standard InChI is InChI=1S/C13H14N2O2S/c1-8-7-18-13(15-8)6-11(16)9-3-4-12(17-2)10(14)5-9/h3-5,7H,6,14H2,1-2H3. The molecule has 2 rings (SSSR count). The average molecular weight is 262 g/mol. The quantitative estimate of drug-likeness (QED) is 0.679. The van der Waals surface area contributed by atoms with Gasteiger partial charge in [0, 0.05) is 16.6 Å². The van der Waals surface area contributed by atoms with Crippen LogP contribution in [0.25, 0.3) is 0 Å². The predicted octanol–water partition coefficient (Wildman–Crippen LogP) is 2.47. The number of nitrogen functional groups attached to an aromatic ring is 1. The number of aromatic nitrogens is 1. The van der Waals surface area contributed by atoms with Crippen molar-refractivity contribution in [2.75, 3.05) is 12.8 Å². The summed E-state index contributed by atoms with van der Waals surface area (Å²) >= 11 is 1.50. The van der Waals surface area contributed by atoms with Crippen LogP contribution in [0, 0.1) is 6.92 Å². The van der Waals surface area contributed by atoms with Gasteiger partial charge in [-0.1, -0.05) is 0 Å². The van der Waals surface area contributed by atoms with Gasteiger partial charge >= 0.3 is 0 Å². The lowest BCUT2D eigenvalue weighted by Crippen LogP contribution is -2.04. The molecule has 0 aliphatic rings. The number of aryl methyl sites for hydroxylation is 1. The smallest absolute Gasteiger partial charge is 0.169 e. The van der Waals surface area contributed by atoms with Crippen LogP contribution in [0.5, 0.6) is 5.75 Å². The lowest BCUT2D eigenvalue weighted by molar-refractivity contribution is 0.0993. The topological polar surface area (TPSA) is 65.2 Å². The van der Waals surface area contributed by atoms with E-state index < -0.39 is 0 Å². The summed E-state index contributed by atoms with van der Waals surface area (Å²) in [6.07, 6.45) is 0.310. The highest BCUT2D eigenvalue weighted by atomic mass is 32.1. The fourth-order valence-corrected chi connectivity index (χ4v) is 2.40. The highest BCUT2D eigenvalue weighted by molar-refractivity contribution is 7.09. The van der Waals surface area contributed by atoms with E-state index in [0.29, 0.717) is 23.4 Å². The maximum atomic E-state index is 12.0. The lowest BCUT2D eigenvalue weighted by Gasteiger charge is -2.05. The zero-order chi connectivity index (χ0) is 13.1. The van der Waals surface area contributed by atoms with Crippen molar-refractivity contribution >= 4 is 22.8 Å². The average Bonchev–Trinajstić information content (AvgIpc) is 2.74. The molecule has 5 heteroatoms. The van der Waals surface area contributed by atoms with Crippen LogP contribution in [0.1, 0.15) is 21.1 Å². The first-order valence-electron chi connectivity index (χ1n) is 5.48. The molecule has 0 amide bonds. The number of Topliss-reactive ketones (excluding diaryl/α,β-unsaturated/α-hetero) is 1. The molecule has 0 spiro atoms. The number of benzene rings is 1. The van der Waals surface area contributed by atoms with Gasteiger partial charge in [-0.05, 0) is 25.1 Å². The van der Waals surface area contributed by atoms with Crippen molar-refractivity contribution in [3.63, 3.8) is 0 Å². The molecule has 0 radical (unpaired) electrons. The number of ether oxygens (including phenoxy) is 1. The second kappa shape index (κ2) is 5.18. The number of ketones is 1. The molecule has 4 nitrogen and oxygen atoms in total. The molecule has 18 heavy (non-hydrogen) atoms. The van der Waals surface area contributed by atoms with Gasteiger partial charge in [0.1, 0.15) is 10.8 Å². The Labute approximate surface area is 109 Å². The SMILES string of the molecule is COc1ccc(C(=O)Cc2nc(C)cs2)cc1N. The molecule has 0 fully saturated rings. The summed E-state index contributed by atoms with van der Waals surface area (Å²) in [6, 6.07) is 5.06. The third-order valence-corrected chi connectivity index (χ3v) is 3.50. The van der Waals surface area contributed by atoms with E-state index in [4.69, 9.17) is 10.5 Å². The van der Waals surface area contributed by atoms with E-state index in [-0.39, 0.29) is 5.78 Å². The summed E-state index contributed by atoms with van der Waals surface area (Å²) in [4.78, 5) is 16.3. The molecule has 2 N–H and O–H groups in total. The Morgan fingerprint density at radius 1 is 1.50 bits per heavy atom. The summed E-state index contributed by atoms with van der Waals surface area (Å²) in [6.45, 7) is 1.91. The summed E-state index contributed by atoms with van der Waals surface area (Å²) < 4.78 is 5.05. The Hall–Kier alpha value is -1.88. The molecule has 94 valence electrons. The first kappa shape index (κ1) is 12.6. The van der Waals surface area contributed by atoms with E-state index in [1.54, 1.807) is 25.3 Å². The molecule has 0 saturated heterocycles. The maximum absolute atomic E-state index is 12.0. The van der Waals surface area contributed by atoms with Crippen LogP contribution in [0.15, 0.2) is 23.6 Å². The monoisotopic (exact) mass is 262 g/mol. The third-order valence-electron chi connectivity index (χ3n) is 2.53. The van der Waals surface area contributed by atoms with Crippen molar-refractivity contribution in [1.82, 2.24) is 4.98 Å². The maximum Gasteiger partial charge on any atom is 0.169 e. The van der Waals surface area contributed by atoms with Crippen LogP contribution in [-0.4, -0.2) is 17.9 Å². The summed E-state index contributed by atoms with van der Waals surface area (Å²) in [5.74, 6) is 0.593. The van der Waals surface area contributed by atoms with Gasteiger partial charge in [-0.3, -0.25) is 4.79 Å². The molecule has 1 heterocycles. The zero-order valence-corrected chi connectivity index (χ0v) is 11.1. The van der Waals surface area contributed by atoms with Crippen molar-refractivity contribution in [2.45, 2.75) is 13.3 Å². The van der Waals surface area contributed by atoms with E-state index >= 15 is 0 Å². The van der Waals surface area contributed by atoms with Gasteiger partial charge in [-0.25, -0.2) is 4.98 Å². The number of hydrogen-bond acceptors (Lipinski definition) is 5. The third kappa shape index (κ3) is 2.68. The van der Waals surface area contributed by atoms with Crippen LogP contribution in [-0.2, 0) is 6.42 Å². The Kier molecular flexibility index (Phi) is 3.62.